The van der Waals surface area contributed by atoms with Crippen LogP contribution in [-0.4, -0.2) is 22.2 Å². The molecule has 0 saturated carbocycles. The minimum atomic E-state index is -0.965. The molecule has 132 valence electrons. The average molecular weight is 356 g/mol. The summed E-state index contributed by atoms with van der Waals surface area (Å²) in [5.74, 6) is -1.13. The van der Waals surface area contributed by atoms with Gasteiger partial charge in [-0.25, -0.2) is 4.79 Å². The Morgan fingerprint density at radius 1 is 1.25 bits per heavy atom. The maximum atomic E-state index is 11.9. The Kier molecular flexibility index (Phi) is 6.40. The number of halogens is 1. The molecule has 0 bridgehead atoms. The van der Waals surface area contributed by atoms with Crippen molar-refractivity contribution in [2.24, 2.45) is 5.92 Å². The first-order valence-corrected chi connectivity index (χ1v) is 7.45. The highest BCUT2D eigenvalue weighted by Gasteiger charge is 2.22. The smallest absolute Gasteiger partial charge is 0.339 e. The van der Waals surface area contributed by atoms with Crippen molar-refractivity contribution in [3.63, 3.8) is 0 Å². The number of carboxylic acid groups (broad SMARTS) is 1. The SMILES string of the molecule is Cc1c(C)c2ccc(O)c(CN[C@H](C(=O)O)C(C)C)c2oc1=O.Cl. The Morgan fingerprint density at radius 2 is 1.88 bits per heavy atom. The molecule has 1 atom stereocenters. The molecular formula is C17H22ClNO5. The van der Waals surface area contributed by atoms with Crippen molar-refractivity contribution >= 4 is 29.3 Å². The van der Waals surface area contributed by atoms with Gasteiger partial charge in [0.2, 0.25) is 0 Å². The van der Waals surface area contributed by atoms with Gasteiger partial charge in [0.25, 0.3) is 0 Å². The predicted octanol–water partition coefficient (Wildman–Crippen LogP) is 2.74. The lowest BCUT2D eigenvalue weighted by Crippen LogP contribution is -2.40. The highest BCUT2D eigenvalue weighted by atomic mass is 35.5. The molecule has 2 rings (SSSR count). The molecule has 6 nitrogen and oxygen atoms in total. The lowest BCUT2D eigenvalue weighted by molar-refractivity contribution is -0.140. The summed E-state index contributed by atoms with van der Waals surface area (Å²) in [4.78, 5) is 23.2. The van der Waals surface area contributed by atoms with Gasteiger partial charge in [-0.3, -0.25) is 10.1 Å². The zero-order valence-corrected chi connectivity index (χ0v) is 14.9. The molecule has 0 aliphatic heterocycles. The number of hydrogen-bond acceptors (Lipinski definition) is 5. The van der Waals surface area contributed by atoms with E-state index < -0.39 is 17.6 Å². The number of benzene rings is 1. The number of nitrogens with one attached hydrogen (secondary N) is 1. The van der Waals surface area contributed by atoms with Crippen molar-refractivity contribution < 1.29 is 19.4 Å². The van der Waals surface area contributed by atoms with Crippen LogP contribution in [0.25, 0.3) is 11.0 Å². The van der Waals surface area contributed by atoms with Crippen molar-refractivity contribution in [3.8, 4) is 5.75 Å². The number of rotatable bonds is 5. The molecule has 3 N–H and O–H groups in total. The number of hydrogen-bond donors (Lipinski definition) is 3. The van der Waals surface area contributed by atoms with E-state index in [1.807, 2.05) is 6.92 Å². The van der Waals surface area contributed by atoms with E-state index in [1.54, 1.807) is 26.8 Å². The lowest BCUT2D eigenvalue weighted by atomic mass is 10.0. The molecule has 0 saturated heterocycles. The van der Waals surface area contributed by atoms with Gasteiger partial charge in [0, 0.05) is 17.5 Å². The number of carboxylic acids is 1. The second kappa shape index (κ2) is 7.68. The monoisotopic (exact) mass is 355 g/mol. The summed E-state index contributed by atoms with van der Waals surface area (Å²) >= 11 is 0. The summed E-state index contributed by atoms with van der Waals surface area (Å²) in [7, 11) is 0. The zero-order chi connectivity index (χ0) is 17.3. The van der Waals surface area contributed by atoms with Crippen LogP contribution in [0.4, 0.5) is 0 Å². The number of aryl methyl sites for hydroxylation is 1. The highest BCUT2D eigenvalue weighted by Crippen LogP contribution is 2.29. The van der Waals surface area contributed by atoms with Crippen LogP contribution in [-0.2, 0) is 11.3 Å². The number of aliphatic carboxylic acids is 1. The minimum absolute atomic E-state index is 0. The van der Waals surface area contributed by atoms with Crippen LogP contribution in [0.3, 0.4) is 0 Å². The molecular weight excluding hydrogens is 334 g/mol. The second-order valence-corrected chi connectivity index (χ2v) is 6.02. The summed E-state index contributed by atoms with van der Waals surface area (Å²) in [6, 6.07) is 2.45. The first-order valence-electron chi connectivity index (χ1n) is 7.45. The molecule has 1 aromatic carbocycles. The number of aromatic hydroxyl groups is 1. The fourth-order valence-electron chi connectivity index (χ4n) is 2.54. The Hall–Kier alpha value is -2.05. The molecule has 0 unspecified atom stereocenters. The summed E-state index contributed by atoms with van der Waals surface area (Å²) < 4.78 is 5.34. The average Bonchev–Trinajstić information content (AvgIpc) is 2.46. The maximum absolute atomic E-state index is 11.9. The third kappa shape index (κ3) is 3.71. The predicted molar refractivity (Wildman–Crippen MR) is 94.0 cm³/mol. The fourth-order valence-corrected chi connectivity index (χ4v) is 2.54. The maximum Gasteiger partial charge on any atom is 0.339 e. The summed E-state index contributed by atoms with van der Waals surface area (Å²) in [5, 5.41) is 23.0. The molecule has 1 aromatic heterocycles. The van der Waals surface area contributed by atoms with E-state index in [2.05, 4.69) is 5.32 Å². The van der Waals surface area contributed by atoms with Crippen molar-refractivity contribution in [2.75, 3.05) is 0 Å². The van der Waals surface area contributed by atoms with Gasteiger partial charge in [-0.15, -0.1) is 12.4 Å². The molecule has 0 aliphatic carbocycles. The summed E-state index contributed by atoms with van der Waals surface area (Å²) in [5.41, 5.74) is 1.53. The highest BCUT2D eigenvalue weighted by molar-refractivity contribution is 5.86. The van der Waals surface area contributed by atoms with E-state index in [-0.39, 0.29) is 30.6 Å². The Balaban J connectivity index is 0.00000288. The molecule has 0 aliphatic rings. The molecule has 0 radical (unpaired) electrons. The molecule has 2 aromatic rings. The van der Waals surface area contributed by atoms with Crippen molar-refractivity contribution in [3.05, 3.63) is 39.2 Å². The van der Waals surface area contributed by atoms with Gasteiger partial charge < -0.3 is 14.6 Å². The topological polar surface area (TPSA) is 99.8 Å². The van der Waals surface area contributed by atoms with Crippen LogP contribution in [0.2, 0.25) is 0 Å². The number of phenols is 1. The largest absolute Gasteiger partial charge is 0.507 e. The van der Waals surface area contributed by atoms with Gasteiger partial charge in [0.15, 0.2) is 0 Å². The van der Waals surface area contributed by atoms with E-state index in [4.69, 9.17) is 4.42 Å². The van der Waals surface area contributed by atoms with Crippen LogP contribution in [0.5, 0.6) is 5.75 Å². The van der Waals surface area contributed by atoms with Gasteiger partial charge in [-0.1, -0.05) is 13.8 Å². The number of fused-ring (bicyclic) bond motifs is 1. The standard InChI is InChI=1S/C17H21NO5.ClH/c1-8(2)14(16(20)21)18-7-12-13(19)6-5-11-9(3)10(4)17(22)23-15(11)12;/h5-6,8,14,18-19H,7H2,1-4H3,(H,20,21);1H/t14-;/m0./s1. The van der Waals surface area contributed by atoms with Crippen molar-refractivity contribution in [2.45, 2.75) is 40.3 Å². The van der Waals surface area contributed by atoms with Gasteiger partial charge in [0.1, 0.15) is 17.4 Å². The Bertz CT molecular complexity index is 813. The van der Waals surface area contributed by atoms with E-state index in [0.29, 0.717) is 16.7 Å². The van der Waals surface area contributed by atoms with E-state index in [9.17, 15) is 19.8 Å². The zero-order valence-electron chi connectivity index (χ0n) is 14.0. The molecule has 24 heavy (non-hydrogen) atoms. The normalized spacial score (nSPS) is 12.2. The van der Waals surface area contributed by atoms with E-state index >= 15 is 0 Å². The van der Waals surface area contributed by atoms with Gasteiger partial charge in [0.05, 0.1) is 5.56 Å². The Labute approximate surface area is 145 Å². The lowest BCUT2D eigenvalue weighted by Gasteiger charge is -2.19. The van der Waals surface area contributed by atoms with Gasteiger partial charge in [-0.2, -0.15) is 0 Å². The fraction of sp³-hybridized carbons (Fsp3) is 0.412. The van der Waals surface area contributed by atoms with Crippen LogP contribution >= 0.6 is 12.4 Å². The van der Waals surface area contributed by atoms with Crippen LogP contribution in [0.1, 0.15) is 30.5 Å². The molecule has 7 heteroatoms. The van der Waals surface area contributed by atoms with E-state index in [0.717, 1.165) is 10.9 Å². The third-order valence-corrected chi connectivity index (χ3v) is 4.13. The molecule has 1 heterocycles. The summed E-state index contributed by atoms with van der Waals surface area (Å²) in [6.07, 6.45) is 0. The van der Waals surface area contributed by atoms with Crippen molar-refractivity contribution in [1.29, 1.82) is 0 Å². The van der Waals surface area contributed by atoms with Crippen LogP contribution in [0, 0.1) is 19.8 Å². The minimum Gasteiger partial charge on any atom is -0.507 e. The first-order chi connectivity index (χ1) is 10.7. The van der Waals surface area contributed by atoms with Crippen LogP contribution in [0.15, 0.2) is 21.3 Å². The quantitative estimate of drug-likeness (QED) is 0.713. The number of carbonyl (C=O) groups is 1. The third-order valence-electron chi connectivity index (χ3n) is 4.13. The van der Waals surface area contributed by atoms with Gasteiger partial charge in [-0.05, 0) is 37.5 Å². The van der Waals surface area contributed by atoms with Crippen molar-refractivity contribution in [1.82, 2.24) is 5.32 Å². The molecule has 0 fully saturated rings. The van der Waals surface area contributed by atoms with Gasteiger partial charge >= 0.3 is 11.6 Å². The molecule has 0 spiro atoms. The second-order valence-electron chi connectivity index (χ2n) is 6.02. The first kappa shape index (κ1) is 20.0. The van der Waals surface area contributed by atoms with E-state index in [1.165, 1.54) is 6.07 Å². The molecule has 0 amide bonds. The number of phenolic OH excluding ortho intramolecular Hbond substituents is 1. The van der Waals surface area contributed by atoms with Crippen LogP contribution < -0.4 is 10.9 Å². The Morgan fingerprint density at radius 3 is 2.42 bits per heavy atom. The summed E-state index contributed by atoms with van der Waals surface area (Å²) in [6.45, 7) is 7.18.